The van der Waals surface area contributed by atoms with Gasteiger partial charge in [0.15, 0.2) is 0 Å². The van der Waals surface area contributed by atoms with Crippen LogP contribution in [0.15, 0.2) is 53.0 Å². The van der Waals surface area contributed by atoms with Gasteiger partial charge < -0.3 is 16.0 Å². The molecule has 2 aromatic carbocycles. The first kappa shape index (κ1) is 23.0. The van der Waals surface area contributed by atoms with Crippen LogP contribution in [0, 0.1) is 6.92 Å². The van der Waals surface area contributed by atoms with Gasteiger partial charge in [0.1, 0.15) is 6.04 Å². The van der Waals surface area contributed by atoms with Crippen molar-refractivity contribution < 1.29 is 14.4 Å². The monoisotopic (exact) mass is 477 g/mol. The Kier molecular flexibility index (Phi) is 9.21. The first-order valence-electron chi connectivity index (χ1n) is 9.09. The molecular weight excluding hydrogens is 454 g/mol. The summed E-state index contributed by atoms with van der Waals surface area (Å²) in [5.41, 5.74) is 2.08. The van der Waals surface area contributed by atoms with Crippen molar-refractivity contribution in [1.29, 1.82) is 0 Å². The molecule has 0 aliphatic heterocycles. The number of thioether (sulfide) groups is 1. The molecule has 8 heteroatoms. The minimum absolute atomic E-state index is 0.175. The molecule has 0 heterocycles. The second kappa shape index (κ2) is 11.6. The van der Waals surface area contributed by atoms with Gasteiger partial charge in [-0.05, 0) is 61.2 Å². The van der Waals surface area contributed by atoms with Gasteiger partial charge in [-0.2, -0.15) is 11.8 Å². The first-order valence-corrected chi connectivity index (χ1v) is 11.3. The summed E-state index contributed by atoms with van der Waals surface area (Å²) in [6, 6.07) is 13.5. The summed E-state index contributed by atoms with van der Waals surface area (Å²) < 4.78 is 0.923. The molecule has 3 amide bonds. The Morgan fingerprint density at radius 3 is 2.48 bits per heavy atom. The Balaban J connectivity index is 1.92. The number of hydrogen-bond acceptors (Lipinski definition) is 4. The number of benzene rings is 2. The van der Waals surface area contributed by atoms with E-state index in [1.54, 1.807) is 42.1 Å². The molecule has 3 N–H and O–H groups in total. The van der Waals surface area contributed by atoms with E-state index in [1.165, 1.54) is 0 Å². The predicted octanol–water partition coefficient (Wildman–Crippen LogP) is 3.36. The van der Waals surface area contributed by atoms with Gasteiger partial charge in [-0.1, -0.05) is 34.1 Å². The number of halogens is 1. The standard InChI is InChI=1S/C21H24BrN3O3S/c1-14-12-16(22)8-9-17(14)24-19(26)13-23-21(28)18(10-11-29-2)25-20(27)15-6-4-3-5-7-15/h3-9,12,18H,10-11,13H2,1-2H3,(H,23,28)(H,24,26)(H,25,27). The Bertz CT molecular complexity index is 862. The minimum atomic E-state index is -0.711. The first-order chi connectivity index (χ1) is 13.9. The van der Waals surface area contributed by atoms with Crippen molar-refractivity contribution in [2.75, 3.05) is 23.9 Å². The lowest BCUT2D eigenvalue weighted by atomic mass is 10.1. The largest absolute Gasteiger partial charge is 0.345 e. The molecule has 0 radical (unpaired) electrons. The van der Waals surface area contributed by atoms with E-state index in [4.69, 9.17) is 0 Å². The number of hydrogen-bond donors (Lipinski definition) is 3. The Hall–Kier alpha value is -2.32. The zero-order chi connectivity index (χ0) is 21.2. The second-order valence-corrected chi connectivity index (χ2v) is 8.30. The zero-order valence-corrected chi connectivity index (χ0v) is 18.7. The van der Waals surface area contributed by atoms with Crippen molar-refractivity contribution in [3.63, 3.8) is 0 Å². The number of anilines is 1. The fraction of sp³-hybridized carbons (Fsp3) is 0.286. The Morgan fingerprint density at radius 2 is 1.83 bits per heavy atom. The van der Waals surface area contributed by atoms with Crippen molar-refractivity contribution >= 4 is 51.1 Å². The molecular formula is C21H24BrN3O3S. The highest BCUT2D eigenvalue weighted by Crippen LogP contribution is 2.19. The lowest BCUT2D eigenvalue weighted by Gasteiger charge is -2.18. The lowest BCUT2D eigenvalue weighted by Crippen LogP contribution is -2.48. The molecule has 6 nitrogen and oxygen atoms in total. The van der Waals surface area contributed by atoms with Crippen molar-refractivity contribution in [3.05, 3.63) is 64.1 Å². The van der Waals surface area contributed by atoms with Crippen LogP contribution in [-0.4, -0.2) is 42.3 Å². The molecule has 0 fully saturated rings. The molecule has 0 aromatic heterocycles. The number of aryl methyl sites for hydroxylation is 1. The highest BCUT2D eigenvalue weighted by Gasteiger charge is 2.21. The minimum Gasteiger partial charge on any atom is -0.345 e. The SMILES string of the molecule is CSCCC(NC(=O)c1ccccc1)C(=O)NCC(=O)Nc1ccc(Br)cc1C. The number of carbonyl (C=O) groups is 3. The lowest BCUT2D eigenvalue weighted by molar-refractivity contribution is -0.125. The summed E-state index contributed by atoms with van der Waals surface area (Å²) in [6.45, 7) is 1.71. The van der Waals surface area contributed by atoms with Gasteiger partial charge >= 0.3 is 0 Å². The highest BCUT2D eigenvalue weighted by atomic mass is 79.9. The molecule has 0 aliphatic rings. The van der Waals surface area contributed by atoms with Crippen LogP contribution in [0.2, 0.25) is 0 Å². The van der Waals surface area contributed by atoms with E-state index in [-0.39, 0.29) is 24.3 Å². The van der Waals surface area contributed by atoms with Crippen molar-refractivity contribution in [1.82, 2.24) is 10.6 Å². The van der Waals surface area contributed by atoms with E-state index in [9.17, 15) is 14.4 Å². The maximum absolute atomic E-state index is 12.6. The van der Waals surface area contributed by atoms with Gasteiger partial charge in [-0.25, -0.2) is 0 Å². The quantitative estimate of drug-likeness (QED) is 0.516. The van der Waals surface area contributed by atoms with Gasteiger partial charge in [0, 0.05) is 15.7 Å². The fourth-order valence-electron chi connectivity index (χ4n) is 2.59. The summed E-state index contributed by atoms with van der Waals surface area (Å²) in [4.78, 5) is 37.2. The summed E-state index contributed by atoms with van der Waals surface area (Å²) in [6.07, 6.45) is 2.40. The molecule has 0 aliphatic carbocycles. The van der Waals surface area contributed by atoms with Crippen LogP contribution in [-0.2, 0) is 9.59 Å². The highest BCUT2D eigenvalue weighted by molar-refractivity contribution is 9.10. The van der Waals surface area contributed by atoms with Gasteiger partial charge in [-0.3, -0.25) is 14.4 Å². The predicted molar refractivity (Wildman–Crippen MR) is 121 cm³/mol. The summed E-state index contributed by atoms with van der Waals surface area (Å²) in [7, 11) is 0. The number of carbonyl (C=O) groups excluding carboxylic acids is 3. The fourth-order valence-corrected chi connectivity index (χ4v) is 3.53. The van der Waals surface area contributed by atoms with E-state index >= 15 is 0 Å². The molecule has 29 heavy (non-hydrogen) atoms. The number of rotatable bonds is 9. The smallest absolute Gasteiger partial charge is 0.251 e. The zero-order valence-electron chi connectivity index (χ0n) is 16.3. The molecule has 0 saturated carbocycles. The van der Waals surface area contributed by atoms with Gasteiger partial charge in [0.2, 0.25) is 11.8 Å². The van der Waals surface area contributed by atoms with Crippen LogP contribution in [0.5, 0.6) is 0 Å². The van der Waals surface area contributed by atoms with Crippen molar-refractivity contribution in [2.24, 2.45) is 0 Å². The Morgan fingerprint density at radius 1 is 1.10 bits per heavy atom. The van der Waals surface area contributed by atoms with Crippen LogP contribution in [0.25, 0.3) is 0 Å². The average Bonchev–Trinajstić information content (AvgIpc) is 2.71. The topological polar surface area (TPSA) is 87.3 Å². The molecule has 0 spiro atoms. The van der Waals surface area contributed by atoms with Crippen LogP contribution in [0.3, 0.4) is 0 Å². The third kappa shape index (κ3) is 7.55. The van der Waals surface area contributed by atoms with E-state index in [0.29, 0.717) is 23.4 Å². The van der Waals surface area contributed by atoms with Crippen molar-refractivity contribution in [3.8, 4) is 0 Å². The number of nitrogens with one attached hydrogen (secondary N) is 3. The maximum atomic E-state index is 12.6. The molecule has 1 unspecified atom stereocenters. The normalized spacial score (nSPS) is 11.4. The van der Waals surface area contributed by atoms with Gasteiger partial charge in [0.05, 0.1) is 6.54 Å². The van der Waals surface area contributed by atoms with Crippen LogP contribution < -0.4 is 16.0 Å². The molecule has 0 bridgehead atoms. The molecule has 154 valence electrons. The molecule has 1 atom stereocenters. The van der Waals surface area contributed by atoms with Crippen LogP contribution in [0.4, 0.5) is 5.69 Å². The van der Waals surface area contributed by atoms with Gasteiger partial charge in [-0.15, -0.1) is 0 Å². The van der Waals surface area contributed by atoms with Crippen LogP contribution in [0.1, 0.15) is 22.3 Å². The van der Waals surface area contributed by atoms with E-state index < -0.39 is 6.04 Å². The van der Waals surface area contributed by atoms with E-state index in [0.717, 1.165) is 10.0 Å². The summed E-state index contributed by atoms with van der Waals surface area (Å²) in [5.74, 6) is -0.327. The third-order valence-electron chi connectivity index (χ3n) is 4.15. The Labute approximate surface area is 183 Å². The third-order valence-corrected chi connectivity index (χ3v) is 5.29. The van der Waals surface area contributed by atoms with Gasteiger partial charge in [0.25, 0.3) is 5.91 Å². The molecule has 2 rings (SSSR count). The number of amides is 3. The van der Waals surface area contributed by atoms with E-state index in [2.05, 4.69) is 31.9 Å². The molecule has 0 saturated heterocycles. The summed E-state index contributed by atoms with van der Waals surface area (Å²) in [5, 5.41) is 8.15. The summed E-state index contributed by atoms with van der Waals surface area (Å²) >= 11 is 4.96. The van der Waals surface area contributed by atoms with Crippen molar-refractivity contribution in [2.45, 2.75) is 19.4 Å². The second-order valence-electron chi connectivity index (χ2n) is 6.40. The van der Waals surface area contributed by atoms with E-state index in [1.807, 2.05) is 31.4 Å². The maximum Gasteiger partial charge on any atom is 0.251 e. The average molecular weight is 478 g/mol. The molecule has 2 aromatic rings. The van der Waals surface area contributed by atoms with Crippen LogP contribution >= 0.6 is 27.7 Å².